The van der Waals surface area contributed by atoms with E-state index in [1.807, 2.05) is 0 Å². The van der Waals surface area contributed by atoms with Crippen LogP contribution in [0.1, 0.15) is 0 Å². The van der Waals surface area contributed by atoms with Crippen molar-refractivity contribution in [2.45, 2.75) is 0 Å². The first-order valence-electron chi connectivity index (χ1n) is 3.94. The molecule has 0 aliphatic carbocycles. The highest BCUT2D eigenvalue weighted by molar-refractivity contribution is 9.09. The van der Waals surface area contributed by atoms with Crippen LogP contribution in [0, 0.1) is 0 Å². The van der Waals surface area contributed by atoms with E-state index in [4.69, 9.17) is 5.11 Å². The van der Waals surface area contributed by atoms with Crippen molar-refractivity contribution < 1.29 is 19.5 Å². The molecule has 0 fully saturated rings. The first-order chi connectivity index (χ1) is 7.02. The van der Waals surface area contributed by atoms with Gasteiger partial charge >= 0.3 is 5.97 Å². The molecule has 2 amide bonds. The molecule has 1 N–H and O–H groups in total. The largest absolute Gasteiger partial charge is 0.480 e. The topological polar surface area (TPSA) is 74.7 Å². The van der Waals surface area contributed by atoms with Gasteiger partial charge in [-0.3, -0.25) is 19.3 Å². The zero-order valence-electron chi connectivity index (χ0n) is 7.50. The van der Waals surface area contributed by atoms with Crippen LogP contribution in [-0.4, -0.2) is 45.0 Å². The van der Waals surface area contributed by atoms with Crippen LogP contribution in [-0.2, 0) is 14.4 Å². The molecule has 15 heavy (non-hydrogen) atoms. The summed E-state index contributed by atoms with van der Waals surface area (Å²) in [5.41, 5.74) is 0.635. The van der Waals surface area contributed by atoms with Gasteiger partial charge in [0.25, 0.3) is 11.8 Å². The molecule has 82 valence electrons. The summed E-state index contributed by atoms with van der Waals surface area (Å²) in [5, 5.41) is 9.03. The fourth-order valence-corrected chi connectivity index (χ4v) is 2.39. The molecule has 0 saturated carbocycles. The van der Waals surface area contributed by atoms with Crippen molar-refractivity contribution in [1.29, 1.82) is 0 Å². The van der Waals surface area contributed by atoms with Crippen molar-refractivity contribution in [1.82, 2.24) is 4.90 Å². The summed E-state index contributed by atoms with van der Waals surface area (Å²) in [6.45, 7) is -0.593. The lowest BCUT2D eigenvalue weighted by atomic mass is 10.2. The van der Waals surface area contributed by atoms with Gasteiger partial charge in [-0.1, -0.05) is 31.9 Å². The number of carboxylic acids is 1. The standard InChI is InChI=1S/C8H7Br2NO4/c9-1-4-5(2-10)8(15)11(7(4)14)3-6(12)13/h1-3H2,(H,12,13). The third kappa shape index (κ3) is 2.28. The van der Waals surface area contributed by atoms with Gasteiger partial charge in [-0.2, -0.15) is 0 Å². The molecule has 1 rings (SSSR count). The fourth-order valence-electron chi connectivity index (χ4n) is 1.23. The Morgan fingerprint density at radius 1 is 1.13 bits per heavy atom. The molecule has 0 unspecified atom stereocenters. The lowest BCUT2D eigenvalue weighted by Gasteiger charge is -2.11. The Labute approximate surface area is 102 Å². The molecule has 0 aromatic rings. The number of amides is 2. The number of carboxylic acid groups (broad SMARTS) is 1. The number of carbonyl (C=O) groups excluding carboxylic acids is 2. The molecular formula is C8H7Br2NO4. The van der Waals surface area contributed by atoms with E-state index in [1.54, 1.807) is 0 Å². The van der Waals surface area contributed by atoms with Gasteiger partial charge in [0.1, 0.15) is 6.54 Å². The maximum absolute atomic E-state index is 11.6. The molecule has 7 heteroatoms. The second-order valence-corrected chi connectivity index (χ2v) is 3.94. The number of aliphatic carboxylic acids is 1. The highest BCUT2D eigenvalue weighted by Gasteiger charge is 2.37. The van der Waals surface area contributed by atoms with Gasteiger partial charge < -0.3 is 5.11 Å². The monoisotopic (exact) mass is 339 g/mol. The maximum Gasteiger partial charge on any atom is 0.323 e. The van der Waals surface area contributed by atoms with E-state index < -0.39 is 24.3 Å². The number of nitrogens with zero attached hydrogens (tertiary/aromatic N) is 1. The second kappa shape index (κ2) is 4.89. The highest BCUT2D eigenvalue weighted by Crippen LogP contribution is 2.23. The summed E-state index contributed by atoms with van der Waals surface area (Å²) in [7, 11) is 0. The molecule has 0 aromatic carbocycles. The van der Waals surface area contributed by atoms with Crippen LogP contribution in [0.2, 0.25) is 0 Å². The van der Waals surface area contributed by atoms with Gasteiger partial charge in [0, 0.05) is 21.8 Å². The molecule has 1 heterocycles. The summed E-state index contributed by atoms with van der Waals surface area (Å²) < 4.78 is 0. The Bertz CT molecular complexity index is 338. The predicted molar refractivity (Wildman–Crippen MR) is 59.0 cm³/mol. The number of rotatable bonds is 4. The lowest BCUT2D eigenvalue weighted by Crippen LogP contribution is -2.36. The number of halogens is 2. The van der Waals surface area contributed by atoms with E-state index in [2.05, 4.69) is 31.9 Å². The Morgan fingerprint density at radius 3 is 1.80 bits per heavy atom. The van der Waals surface area contributed by atoms with Crippen molar-refractivity contribution >= 4 is 49.6 Å². The van der Waals surface area contributed by atoms with E-state index in [1.165, 1.54) is 0 Å². The lowest BCUT2D eigenvalue weighted by molar-refractivity contribution is -0.148. The normalized spacial score (nSPS) is 16.5. The van der Waals surface area contributed by atoms with Gasteiger partial charge in [0.2, 0.25) is 0 Å². The Balaban J connectivity index is 2.99. The van der Waals surface area contributed by atoms with Gasteiger partial charge in [-0.15, -0.1) is 0 Å². The highest BCUT2D eigenvalue weighted by atomic mass is 79.9. The van der Waals surface area contributed by atoms with E-state index in [0.29, 0.717) is 11.1 Å². The summed E-state index contributed by atoms with van der Waals surface area (Å²) in [5.74, 6) is -2.27. The molecule has 0 spiro atoms. The van der Waals surface area contributed by atoms with Crippen LogP contribution in [0.15, 0.2) is 11.1 Å². The number of hydrogen-bond acceptors (Lipinski definition) is 3. The van der Waals surface area contributed by atoms with Gasteiger partial charge in [-0.05, 0) is 0 Å². The molecule has 0 atom stereocenters. The van der Waals surface area contributed by atoms with Crippen molar-refractivity contribution in [2.75, 3.05) is 17.2 Å². The zero-order valence-corrected chi connectivity index (χ0v) is 10.7. The quantitative estimate of drug-likeness (QED) is 0.598. The van der Waals surface area contributed by atoms with Crippen LogP contribution in [0.4, 0.5) is 0 Å². The second-order valence-electron chi connectivity index (χ2n) is 2.81. The first kappa shape index (κ1) is 12.4. The summed E-state index contributed by atoms with van der Waals surface area (Å²) in [4.78, 5) is 34.3. The number of carbonyl (C=O) groups is 3. The van der Waals surface area contributed by atoms with Gasteiger partial charge in [-0.25, -0.2) is 0 Å². The summed E-state index contributed by atoms with van der Waals surface area (Å²) >= 11 is 6.19. The molecule has 1 aliphatic rings. The number of alkyl halides is 2. The van der Waals surface area contributed by atoms with Crippen molar-refractivity contribution in [3.8, 4) is 0 Å². The molecule has 1 aliphatic heterocycles. The van der Waals surface area contributed by atoms with Crippen LogP contribution in [0.25, 0.3) is 0 Å². The van der Waals surface area contributed by atoms with Gasteiger partial charge in [0.15, 0.2) is 0 Å². The van der Waals surface area contributed by atoms with Crippen LogP contribution in [0.3, 0.4) is 0 Å². The van der Waals surface area contributed by atoms with Crippen LogP contribution < -0.4 is 0 Å². The third-order valence-electron chi connectivity index (χ3n) is 1.93. The molecule has 0 aromatic heterocycles. The van der Waals surface area contributed by atoms with Crippen molar-refractivity contribution in [3.05, 3.63) is 11.1 Å². The maximum atomic E-state index is 11.6. The van der Waals surface area contributed by atoms with Crippen LogP contribution >= 0.6 is 31.9 Å². The average molecular weight is 341 g/mol. The SMILES string of the molecule is O=C(O)CN1C(=O)C(CBr)=C(CBr)C1=O. The summed E-state index contributed by atoms with van der Waals surface area (Å²) in [6, 6.07) is 0. The van der Waals surface area contributed by atoms with E-state index >= 15 is 0 Å². The van der Waals surface area contributed by atoms with E-state index in [-0.39, 0.29) is 10.7 Å². The van der Waals surface area contributed by atoms with E-state index in [0.717, 1.165) is 4.90 Å². The fraction of sp³-hybridized carbons (Fsp3) is 0.375. The molecule has 0 saturated heterocycles. The van der Waals surface area contributed by atoms with Crippen molar-refractivity contribution in [3.63, 3.8) is 0 Å². The molecule has 5 nitrogen and oxygen atoms in total. The Morgan fingerprint density at radius 2 is 1.53 bits per heavy atom. The minimum atomic E-state index is -1.21. The van der Waals surface area contributed by atoms with Crippen LogP contribution in [0.5, 0.6) is 0 Å². The van der Waals surface area contributed by atoms with Crippen molar-refractivity contribution in [2.24, 2.45) is 0 Å². The number of hydrogen-bond donors (Lipinski definition) is 1. The van der Waals surface area contributed by atoms with Gasteiger partial charge in [0.05, 0.1) is 0 Å². The smallest absolute Gasteiger partial charge is 0.323 e. The van der Waals surface area contributed by atoms with E-state index in [9.17, 15) is 14.4 Å². The minimum Gasteiger partial charge on any atom is -0.480 e. The summed E-state index contributed by atoms with van der Waals surface area (Å²) in [6.07, 6.45) is 0. The number of imide groups is 1. The zero-order chi connectivity index (χ0) is 11.6. The minimum absolute atomic E-state index is 0.245. The third-order valence-corrected chi connectivity index (χ3v) is 3.05. The Kier molecular flexibility index (Phi) is 4.04. The predicted octanol–water partition coefficient (Wildman–Crippen LogP) is 0.526. The molecule has 0 bridgehead atoms. The molecule has 0 radical (unpaired) electrons. The Hall–Kier alpha value is -0.690. The molecular weight excluding hydrogens is 334 g/mol. The first-order valence-corrected chi connectivity index (χ1v) is 6.19. The average Bonchev–Trinajstić information content (AvgIpc) is 2.40.